The van der Waals surface area contributed by atoms with Crippen molar-refractivity contribution in [3.8, 4) is 0 Å². The number of hydrogen-bond acceptors (Lipinski definition) is 5. The van der Waals surface area contributed by atoms with Crippen LogP contribution < -0.4 is 0 Å². The van der Waals surface area contributed by atoms with E-state index in [1.165, 1.54) is 46.0 Å². The second-order valence-corrected chi connectivity index (χ2v) is 5.94. The molecule has 1 atom stereocenters. The van der Waals surface area contributed by atoms with Crippen molar-refractivity contribution in [1.82, 2.24) is 0 Å². The van der Waals surface area contributed by atoms with Gasteiger partial charge in [0, 0.05) is 12.8 Å². The minimum Gasteiger partial charge on any atom is -0.466 e. The van der Waals surface area contributed by atoms with Crippen molar-refractivity contribution in [2.45, 2.75) is 91.1 Å². The van der Waals surface area contributed by atoms with Crippen LogP contribution in [0.2, 0.25) is 0 Å². The Kier molecular flexibility index (Phi) is 13.4. The molecule has 0 spiro atoms. The summed E-state index contributed by atoms with van der Waals surface area (Å²) in [5.74, 6) is -0.913. The Balaban J connectivity index is 3.47. The summed E-state index contributed by atoms with van der Waals surface area (Å²) >= 11 is 0. The smallest absolute Gasteiger partial charge is 0.306 e. The van der Waals surface area contributed by atoms with Gasteiger partial charge in [0.15, 0.2) is 11.9 Å². The molecular weight excluding hydrogens is 296 g/mol. The van der Waals surface area contributed by atoms with Crippen LogP contribution in [0.5, 0.6) is 0 Å². The molecule has 0 radical (unpaired) electrons. The maximum Gasteiger partial charge on any atom is 0.306 e. The van der Waals surface area contributed by atoms with Gasteiger partial charge < -0.3 is 9.47 Å². The van der Waals surface area contributed by atoms with Crippen LogP contribution in [0, 0.1) is 0 Å². The fourth-order valence-electron chi connectivity index (χ4n) is 2.03. The van der Waals surface area contributed by atoms with E-state index in [9.17, 15) is 14.4 Å². The highest BCUT2D eigenvalue weighted by Gasteiger charge is 2.13. The van der Waals surface area contributed by atoms with E-state index >= 15 is 0 Å². The summed E-state index contributed by atoms with van der Waals surface area (Å²) in [4.78, 5) is 33.9. The second kappa shape index (κ2) is 14.2. The highest BCUT2D eigenvalue weighted by Crippen LogP contribution is 2.07. The van der Waals surface area contributed by atoms with E-state index in [2.05, 4.69) is 6.92 Å². The molecule has 0 fully saturated rings. The van der Waals surface area contributed by atoms with E-state index in [4.69, 9.17) is 9.47 Å². The Hall–Kier alpha value is -1.39. The first-order valence-electron chi connectivity index (χ1n) is 8.83. The quantitative estimate of drug-likeness (QED) is 0.356. The van der Waals surface area contributed by atoms with Gasteiger partial charge in [-0.2, -0.15) is 0 Å². The lowest BCUT2D eigenvalue weighted by Gasteiger charge is -2.09. The number of unbranched alkanes of at least 4 members (excludes halogenated alkanes) is 6. The molecular formula is C18H32O5. The molecule has 1 unspecified atom stereocenters. The molecule has 5 heteroatoms. The van der Waals surface area contributed by atoms with E-state index in [0.29, 0.717) is 13.0 Å². The van der Waals surface area contributed by atoms with Crippen LogP contribution in [-0.4, -0.2) is 30.4 Å². The van der Waals surface area contributed by atoms with E-state index in [1.807, 2.05) is 0 Å². The molecule has 5 nitrogen and oxygen atoms in total. The van der Waals surface area contributed by atoms with Gasteiger partial charge in [-0.25, -0.2) is 0 Å². The standard InChI is InChI=1S/C18H32O5/c1-4-5-6-7-8-9-10-14-22-17(20)12-11-13-18(21)23-16(3)15(2)19/h16H,4-14H2,1-3H3. The molecule has 134 valence electrons. The maximum absolute atomic E-state index is 11.5. The zero-order chi connectivity index (χ0) is 17.5. The number of ketones is 1. The van der Waals surface area contributed by atoms with Gasteiger partial charge in [-0.15, -0.1) is 0 Å². The summed E-state index contributed by atoms with van der Waals surface area (Å²) in [6.07, 6.45) is 8.27. The molecule has 0 N–H and O–H groups in total. The van der Waals surface area contributed by atoms with Crippen molar-refractivity contribution in [1.29, 1.82) is 0 Å². The van der Waals surface area contributed by atoms with Crippen LogP contribution in [0.25, 0.3) is 0 Å². The summed E-state index contributed by atoms with van der Waals surface area (Å²) in [5, 5.41) is 0. The van der Waals surface area contributed by atoms with E-state index < -0.39 is 12.1 Å². The fraction of sp³-hybridized carbons (Fsp3) is 0.833. The number of hydrogen-bond donors (Lipinski definition) is 0. The first kappa shape index (κ1) is 21.6. The van der Waals surface area contributed by atoms with Crippen LogP contribution in [0.1, 0.15) is 85.0 Å². The van der Waals surface area contributed by atoms with E-state index in [0.717, 1.165) is 12.8 Å². The molecule has 0 aliphatic heterocycles. The molecule has 0 amide bonds. The number of ether oxygens (including phenoxy) is 2. The average Bonchev–Trinajstić information content (AvgIpc) is 2.49. The number of carbonyl (C=O) groups is 3. The largest absolute Gasteiger partial charge is 0.466 e. The Morgan fingerprint density at radius 1 is 0.826 bits per heavy atom. The van der Waals surface area contributed by atoms with Crippen molar-refractivity contribution in [3.63, 3.8) is 0 Å². The normalized spacial score (nSPS) is 11.8. The van der Waals surface area contributed by atoms with Gasteiger partial charge in [0.05, 0.1) is 6.61 Å². The van der Waals surface area contributed by atoms with Crippen molar-refractivity contribution < 1.29 is 23.9 Å². The van der Waals surface area contributed by atoms with Gasteiger partial charge in [-0.3, -0.25) is 14.4 Å². The summed E-state index contributed by atoms with van der Waals surface area (Å²) in [5.41, 5.74) is 0. The first-order chi connectivity index (χ1) is 11.0. The van der Waals surface area contributed by atoms with Crippen LogP contribution >= 0.6 is 0 Å². The van der Waals surface area contributed by atoms with Crippen molar-refractivity contribution >= 4 is 17.7 Å². The molecule has 0 aliphatic carbocycles. The third-order valence-electron chi connectivity index (χ3n) is 3.65. The van der Waals surface area contributed by atoms with Crippen LogP contribution in [0.15, 0.2) is 0 Å². The Morgan fingerprint density at radius 3 is 2.00 bits per heavy atom. The monoisotopic (exact) mass is 328 g/mol. The molecule has 0 bridgehead atoms. The third-order valence-corrected chi connectivity index (χ3v) is 3.65. The minimum atomic E-state index is -0.716. The molecule has 0 aromatic rings. The number of rotatable bonds is 14. The molecule has 0 aromatic heterocycles. The highest BCUT2D eigenvalue weighted by molar-refractivity contribution is 5.83. The zero-order valence-corrected chi connectivity index (χ0v) is 14.9. The Morgan fingerprint density at radius 2 is 1.39 bits per heavy atom. The third kappa shape index (κ3) is 14.0. The van der Waals surface area contributed by atoms with Gasteiger partial charge in [0.25, 0.3) is 0 Å². The zero-order valence-electron chi connectivity index (χ0n) is 14.9. The van der Waals surface area contributed by atoms with E-state index in [-0.39, 0.29) is 24.6 Å². The lowest BCUT2D eigenvalue weighted by Crippen LogP contribution is -2.21. The van der Waals surface area contributed by atoms with Crippen LogP contribution in [0.4, 0.5) is 0 Å². The van der Waals surface area contributed by atoms with Crippen LogP contribution in [-0.2, 0) is 23.9 Å². The first-order valence-corrected chi connectivity index (χ1v) is 8.83. The summed E-state index contributed by atoms with van der Waals surface area (Å²) in [6, 6.07) is 0. The summed E-state index contributed by atoms with van der Waals surface area (Å²) < 4.78 is 10.0. The van der Waals surface area contributed by atoms with Crippen molar-refractivity contribution in [3.05, 3.63) is 0 Å². The number of carbonyl (C=O) groups excluding carboxylic acids is 3. The van der Waals surface area contributed by atoms with Crippen molar-refractivity contribution in [2.24, 2.45) is 0 Å². The topological polar surface area (TPSA) is 69.7 Å². The molecule has 23 heavy (non-hydrogen) atoms. The second-order valence-electron chi connectivity index (χ2n) is 5.94. The average molecular weight is 328 g/mol. The molecule has 0 aromatic carbocycles. The predicted octanol–water partition coefficient (Wildman–Crippen LogP) is 3.97. The van der Waals surface area contributed by atoms with E-state index in [1.54, 1.807) is 0 Å². The lowest BCUT2D eigenvalue weighted by atomic mass is 10.1. The molecule has 0 rings (SSSR count). The summed E-state index contributed by atoms with van der Waals surface area (Å²) in [6.45, 7) is 5.57. The maximum atomic E-state index is 11.5. The van der Waals surface area contributed by atoms with Gasteiger partial charge in [0.1, 0.15) is 0 Å². The van der Waals surface area contributed by atoms with Crippen LogP contribution in [0.3, 0.4) is 0 Å². The SMILES string of the molecule is CCCCCCCCCOC(=O)CCCC(=O)OC(C)C(C)=O. The fourth-order valence-corrected chi connectivity index (χ4v) is 2.03. The Labute approximate surface area is 140 Å². The van der Waals surface area contributed by atoms with Gasteiger partial charge in [-0.1, -0.05) is 45.4 Å². The van der Waals surface area contributed by atoms with Gasteiger partial charge >= 0.3 is 11.9 Å². The minimum absolute atomic E-state index is 0.129. The Bertz CT molecular complexity index is 351. The lowest BCUT2D eigenvalue weighted by molar-refractivity contribution is -0.153. The summed E-state index contributed by atoms with van der Waals surface area (Å²) in [7, 11) is 0. The molecule has 0 heterocycles. The van der Waals surface area contributed by atoms with Gasteiger partial charge in [0.2, 0.25) is 0 Å². The number of Topliss-reactive ketones (excluding diaryl/α,β-unsaturated/α-hetero) is 1. The molecule has 0 aliphatic rings. The number of esters is 2. The highest BCUT2D eigenvalue weighted by atomic mass is 16.5. The van der Waals surface area contributed by atoms with Crippen molar-refractivity contribution in [2.75, 3.05) is 6.61 Å². The predicted molar refractivity (Wildman–Crippen MR) is 89.0 cm³/mol. The van der Waals surface area contributed by atoms with Gasteiger partial charge in [-0.05, 0) is 26.7 Å². The molecule has 0 saturated carbocycles. The molecule has 0 saturated heterocycles.